The van der Waals surface area contributed by atoms with Crippen molar-refractivity contribution in [1.82, 2.24) is 15.4 Å². The molecule has 0 bridgehead atoms. The van der Waals surface area contributed by atoms with E-state index in [9.17, 15) is 0 Å². The molecule has 19 heavy (non-hydrogen) atoms. The highest BCUT2D eigenvalue weighted by molar-refractivity contribution is 6.31. The number of ether oxygens (including phenoxy) is 1. The average Bonchev–Trinajstić information content (AvgIpc) is 2.44. The number of rotatable bonds is 4. The Morgan fingerprint density at radius 1 is 1.32 bits per heavy atom. The summed E-state index contributed by atoms with van der Waals surface area (Å²) in [5.41, 5.74) is 5.29. The number of nitrogens with zero attached hydrogens (tertiary/aromatic N) is 2. The largest absolute Gasteiger partial charge is 0.480 e. The van der Waals surface area contributed by atoms with E-state index in [1.54, 1.807) is 19.5 Å². The van der Waals surface area contributed by atoms with Crippen molar-refractivity contribution in [2.24, 2.45) is 5.84 Å². The van der Waals surface area contributed by atoms with Gasteiger partial charge in [-0.3, -0.25) is 10.8 Å². The molecule has 1 atom stereocenters. The standard InChI is InChI=1S/C13H15ClN4O/c1-8-7-9(3-4-10(8)14)11(18-15)12-13(19-2)17-6-5-16-12/h3-7,11,18H,15H2,1-2H3. The highest BCUT2D eigenvalue weighted by Gasteiger charge is 2.19. The lowest BCUT2D eigenvalue weighted by atomic mass is 10.0. The molecule has 0 spiro atoms. The summed E-state index contributed by atoms with van der Waals surface area (Å²) in [6.07, 6.45) is 3.17. The van der Waals surface area contributed by atoms with E-state index in [0.29, 0.717) is 16.6 Å². The summed E-state index contributed by atoms with van der Waals surface area (Å²) in [5, 5.41) is 0.714. The molecular formula is C13H15ClN4O. The number of hydrazine groups is 1. The summed E-state index contributed by atoms with van der Waals surface area (Å²) in [6.45, 7) is 1.94. The third-order valence-electron chi connectivity index (χ3n) is 2.84. The Balaban J connectivity index is 2.46. The lowest BCUT2D eigenvalue weighted by Gasteiger charge is -2.18. The number of halogens is 1. The Bertz CT molecular complexity index is 576. The van der Waals surface area contributed by atoms with E-state index in [-0.39, 0.29) is 6.04 Å². The molecule has 0 saturated heterocycles. The summed E-state index contributed by atoms with van der Waals surface area (Å²) in [6, 6.07) is 5.38. The molecule has 1 aromatic heterocycles. The first-order valence-electron chi connectivity index (χ1n) is 5.74. The zero-order valence-corrected chi connectivity index (χ0v) is 11.5. The van der Waals surface area contributed by atoms with Crippen LogP contribution < -0.4 is 16.0 Å². The zero-order chi connectivity index (χ0) is 13.8. The molecule has 0 radical (unpaired) electrons. The normalized spacial score (nSPS) is 12.2. The Hall–Kier alpha value is -1.69. The lowest BCUT2D eigenvalue weighted by Crippen LogP contribution is -2.30. The molecule has 1 aromatic carbocycles. The van der Waals surface area contributed by atoms with Crippen LogP contribution in [0.3, 0.4) is 0 Å². The molecular weight excluding hydrogens is 264 g/mol. The first-order valence-corrected chi connectivity index (χ1v) is 6.12. The summed E-state index contributed by atoms with van der Waals surface area (Å²) in [5.74, 6) is 6.08. The molecule has 6 heteroatoms. The second-order valence-electron chi connectivity index (χ2n) is 4.06. The van der Waals surface area contributed by atoms with Crippen molar-refractivity contribution in [3.8, 4) is 5.88 Å². The van der Waals surface area contributed by atoms with Crippen LogP contribution in [-0.2, 0) is 0 Å². The van der Waals surface area contributed by atoms with Gasteiger partial charge in [0, 0.05) is 17.4 Å². The third kappa shape index (κ3) is 2.84. The molecule has 2 rings (SSSR count). The zero-order valence-electron chi connectivity index (χ0n) is 10.7. The lowest BCUT2D eigenvalue weighted by molar-refractivity contribution is 0.383. The Morgan fingerprint density at radius 3 is 2.68 bits per heavy atom. The quantitative estimate of drug-likeness (QED) is 0.661. The Morgan fingerprint density at radius 2 is 2.05 bits per heavy atom. The average molecular weight is 279 g/mol. The van der Waals surface area contributed by atoms with Crippen LogP contribution in [0.2, 0.25) is 5.02 Å². The van der Waals surface area contributed by atoms with E-state index in [1.807, 2.05) is 25.1 Å². The summed E-state index contributed by atoms with van der Waals surface area (Å²) in [7, 11) is 1.55. The molecule has 1 unspecified atom stereocenters. The van der Waals surface area contributed by atoms with Gasteiger partial charge in [0.2, 0.25) is 5.88 Å². The van der Waals surface area contributed by atoms with Crippen molar-refractivity contribution in [3.63, 3.8) is 0 Å². The minimum absolute atomic E-state index is 0.306. The van der Waals surface area contributed by atoms with E-state index >= 15 is 0 Å². The minimum Gasteiger partial charge on any atom is -0.480 e. The number of nitrogens with two attached hydrogens (primary N) is 1. The second kappa shape index (κ2) is 5.97. The van der Waals surface area contributed by atoms with Gasteiger partial charge in [-0.25, -0.2) is 10.4 Å². The van der Waals surface area contributed by atoms with Crippen molar-refractivity contribution < 1.29 is 4.74 Å². The van der Waals surface area contributed by atoms with E-state index in [1.165, 1.54) is 0 Å². The van der Waals surface area contributed by atoms with Crippen LogP contribution in [0.5, 0.6) is 5.88 Å². The smallest absolute Gasteiger partial charge is 0.237 e. The van der Waals surface area contributed by atoms with Gasteiger partial charge in [-0.2, -0.15) is 0 Å². The van der Waals surface area contributed by atoms with Gasteiger partial charge in [0.25, 0.3) is 0 Å². The van der Waals surface area contributed by atoms with Gasteiger partial charge in [-0.05, 0) is 24.1 Å². The van der Waals surface area contributed by atoms with Crippen molar-refractivity contribution in [3.05, 3.63) is 52.4 Å². The molecule has 100 valence electrons. The Kier molecular flexibility index (Phi) is 4.31. The van der Waals surface area contributed by atoms with Gasteiger partial charge < -0.3 is 4.74 Å². The fourth-order valence-electron chi connectivity index (χ4n) is 1.87. The maximum Gasteiger partial charge on any atom is 0.237 e. The molecule has 0 fully saturated rings. The van der Waals surface area contributed by atoms with Crippen molar-refractivity contribution in [2.45, 2.75) is 13.0 Å². The molecule has 0 aliphatic heterocycles. The van der Waals surface area contributed by atoms with Crippen molar-refractivity contribution >= 4 is 11.6 Å². The molecule has 5 nitrogen and oxygen atoms in total. The summed E-state index contributed by atoms with van der Waals surface area (Å²) >= 11 is 6.03. The van der Waals surface area contributed by atoms with Crippen LogP contribution in [0.1, 0.15) is 22.9 Å². The predicted molar refractivity (Wildman–Crippen MR) is 73.9 cm³/mol. The number of benzene rings is 1. The van der Waals surface area contributed by atoms with Gasteiger partial charge >= 0.3 is 0 Å². The van der Waals surface area contributed by atoms with E-state index in [4.69, 9.17) is 22.2 Å². The highest BCUT2D eigenvalue weighted by atomic mass is 35.5. The van der Waals surface area contributed by atoms with E-state index in [2.05, 4.69) is 15.4 Å². The topological polar surface area (TPSA) is 73.1 Å². The maximum atomic E-state index is 6.03. The number of hydrogen-bond donors (Lipinski definition) is 2. The molecule has 0 aliphatic rings. The van der Waals surface area contributed by atoms with Crippen LogP contribution >= 0.6 is 11.6 Å². The number of aryl methyl sites for hydroxylation is 1. The highest BCUT2D eigenvalue weighted by Crippen LogP contribution is 2.28. The first-order chi connectivity index (χ1) is 9.17. The molecule has 0 saturated carbocycles. The number of hydrogen-bond acceptors (Lipinski definition) is 5. The fraction of sp³-hybridized carbons (Fsp3) is 0.231. The molecule has 2 aromatic rings. The van der Waals surface area contributed by atoms with Gasteiger partial charge in [-0.1, -0.05) is 23.7 Å². The molecule has 0 amide bonds. The number of aromatic nitrogens is 2. The SMILES string of the molecule is COc1nccnc1C(NN)c1ccc(Cl)c(C)c1. The summed E-state index contributed by atoms with van der Waals surface area (Å²) < 4.78 is 5.21. The number of methoxy groups -OCH3 is 1. The first kappa shape index (κ1) is 13.7. The molecule has 0 aliphatic carbocycles. The van der Waals surface area contributed by atoms with Gasteiger partial charge in [0.1, 0.15) is 5.69 Å². The van der Waals surface area contributed by atoms with Crippen LogP contribution in [0.15, 0.2) is 30.6 Å². The van der Waals surface area contributed by atoms with E-state index in [0.717, 1.165) is 11.1 Å². The van der Waals surface area contributed by atoms with Crippen LogP contribution in [0.25, 0.3) is 0 Å². The Labute approximate surface area is 116 Å². The van der Waals surface area contributed by atoms with Crippen LogP contribution in [0, 0.1) is 6.92 Å². The predicted octanol–water partition coefficient (Wildman–Crippen LogP) is 2.00. The maximum absolute atomic E-state index is 6.03. The monoisotopic (exact) mass is 278 g/mol. The molecule has 1 heterocycles. The van der Waals surface area contributed by atoms with Gasteiger partial charge in [-0.15, -0.1) is 0 Å². The van der Waals surface area contributed by atoms with Crippen LogP contribution in [-0.4, -0.2) is 17.1 Å². The molecule has 3 N–H and O–H groups in total. The minimum atomic E-state index is -0.306. The third-order valence-corrected chi connectivity index (χ3v) is 3.26. The number of nitrogens with one attached hydrogen (secondary N) is 1. The van der Waals surface area contributed by atoms with Crippen molar-refractivity contribution in [2.75, 3.05) is 7.11 Å². The second-order valence-corrected chi connectivity index (χ2v) is 4.47. The van der Waals surface area contributed by atoms with Crippen molar-refractivity contribution in [1.29, 1.82) is 0 Å². The fourth-order valence-corrected chi connectivity index (χ4v) is 1.99. The van der Waals surface area contributed by atoms with E-state index < -0.39 is 0 Å². The van der Waals surface area contributed by atoms with Gasteiger partial charge in [0.05, 0.1) is 13.2 Å². The van der Waals surface area contributed by atoms with Crippen LogP contribution in [0.4, 0.5) is 0 Å². The summed E-state index contributed by atoms with van der Waals surface area (Å²) in [4.78, 5) is 8.41. The van der Waals surface area contributed by atoms with Gasteiger partial charge in [0.15, 0.2) is 0 Å².